The minimum atomic E-state index is -0.525. The third kappa shape index (κ3) is 3.23. The quantitative estimate of drug-likeness (QED) is 0.546. The van der Waals surface area contributed by atoms with Gasteiger partial charge in [-0.25, -0.2) is 9.36 Å². The Labute approximate surface area is 133 Å². The molecule has 3 rings (SSSR count). The van der Waals surface area contributed by atoms with Crippen LogP contribution in [-0.2, 0) is 16.1 Å². The van der Waals surface area contributed by atoms with Crippen molar-refractivity contribution in [1.82, 2.24) is 4.57 Å². The number of ether oxygens (including phenoxy) is 2. The van der Waals surface area contributed by atoms with E-state index in [0.29, 0.717) is 11.3 Å². The van der Waals surface area contributed by atoms with Gasteiger partial charge in [0.25, 0.3) is 0 Å². The number of rotatable bonds is 3. The van der Waals surface area contributed by atoms with Gasteiger partial charge in [0, 0.05) is 18.5 Å². The molecule has 1 aromatic heterocycles. The third-order valence-electron chi connectivity index (χ3n) is 3.33. The average Bonchev–Trinajstić information content (AvgIpc) is 2.98. The van der Waals surface area contributed by atoms with Gasteiger partial charge < -0.3 is 9.47 Å². The normalized spacial score (nSPS) is 10.5. The number of aromatic nitrogens is 1. The zero-order chi connectivity index (χ0) is 16.2. The Kier molecular flexibility index (Phi) is 4.10. The molecule has 5 nitrogen and oxygen atoms in total. The van der Waals surface area contributed by atoms with Gasteiger partial charge in [0.05, 0.1) is 0 Å². The maximum Gasteiger partial charge on any atom is 0.418 e. The van der Waals surface area contributed by atoms with Gasteiger partial charge in [-0.15, -0.1) is 0 Å². The maximum absolute atomic E-state index is 12.3. The first-order valence-corrected chi connectivity index (χ1v) is 7.14. The van der Waals surface area contributed by atoms with Gasteiger partial charge in [0.2, 0.25) is 0 Å². The highest BCUT2D eigenvalue weighted by Gasteiger charge is 2.15. The number of benzene rings is 2. The molecule has 2 aromatic carbocycles. The Balaban J connectivity index is 1.87. The van der Waals surface area contributed by atoms with Crippen LogP contribution in [0.1, 0.15) is 12.5 Å². The SMILES string of the molecule is CC(=O)Oc1cccc2ccn(C(=O)OCc3ccccc3)c12. The smallest absolute Gasteiger partial charge is 0.418 e. The Bertz CT molecular complexity index is 852. The van der Waals surface area contributed by atoms with Crippen LogP contribution in [0.3, 0.4) is 0 Å². The van der Waals surface area contributed by atoms with Gasteiger partial charge in [-0.05, 0) is 17.7 Å². The zero-order valence-electron chi connectivity index (χ0n) is 12.6. The average molecular weight is 309 g/mol. The molecular weight excluding hydrogens is 294 g/mol. The molecule has 116 valence electrons. The molecule has 3 aromatic rings. The fourth-order valence-corrected chi connectivity index (χ4v) is 2.34. The molecule has 0 radical (unpaired) electrons. The van der Waals surface area contributed by atoms with Crippen LogP contribution in [0.2, 0.25) is 0 Å². The summed E-state index contributed by atoms with van der Waals surface area (Å²) in [5.41, 5.74) is 1.42. The summed E-state index contributed by atoms with van der Waals surface area (Å²) < 4.78 is 11.8. The highest BCUT2D eigenvalue weighted by Crippen LogP contribution is 2.27. The van der Waals surface area contributed by atoms with E-state index in [1.165, 1.54) is 11.5 Å². The van der Waals surface area contributed by atoms with Crippen molar-refractivity contribution in [2.75, 3.05) is 0 Å². The third-order valence-corrected chi connectivity index (χ3v) is 3.33. The predicted molar refractivity (Wildman–Crippen MR) is 85.3 cm³/mol. The lowest BCUT2D eigenvalue weighted by Crippen LogP contribution is -2.13. The number of carbonyl (C=O) groups is 2. The van der Waals surface area contributed by atoms with Gasteiger partial charge in [-0.1, -0.05) is 42.5 Å². The van der Waals surface area contributed by atoms with Crippen molar-refractivity contribution in [3.05, 3.63) is 66.4 Å². The minimum Gasteiger partial charge on any atom is -0.444 e. The van der Waals surface area contributed by atoms with Crippen molar-refractivity contribution >= 4 is 23.0 Å². The Morgan fingerprint density at radius 2 is 1.78 bits per heavy atom. The first kappa shape index (κ1) is 14.8. The van der Waals surface area contributed by atoms with Crippen molar-refractivity contribution in [3.8, 4) is 5.75 Å². The lowest BCUT2D eigenvalue weighted by atomic mass is 10.2. The van der Waals surface area contributed by atoms with Crippen LogP contribution in [0.15, 0.2) is 60.8 Å². The second kappa shape index (κ2) is 6.36. The van der Waals surface area contributed by atoms with E-state index in [2.05, 4.69) is 0 Å². The molecule has 0 unspecified atom stereocenters. The Morgan fingerprint density at radius 1 is 1.00 bits per heavy atom. The van der Waals surface area contributed by atoms with E-state index in [1.54, 1.807) is 24.4 Å². The van der Waals surface area contributed by atoms with Crippen LogP contribution >= 0.6 is 0 Å². The van der Waals surface area contributed by atoms with Crippen LogP contribution in [0, 0.1) is 0 Å². The van der Waals surface area contributed by atoms with Crippen LogP contribution in [0.25, 0.3) is 10.9 Å². The first-order valence-electron chi connectivity index (χ1n) is 7.14. The second-order valence-corrected chi connectivity index (χ2v) is 5.01. The molecule has 0 aliphatic heterocycles. The number of hydrogen-bond acceptors (Lipinski definition) is 4. The molecule has 1 heterocycles. The summed E-state index contributed by atoms with van der Waals surface area (Å²) in [6.45, 7) is 1.49. The predicted octanol–water partition coefficient (Wildman–Crippen LogP) is 3.75. The molecule has 0 bridgehead atoms. The number of hydrogen-bond donors (Lipinski definition) is 0. The topological polar surface area (TPSA) is 57.5 Å². The number of fused-ring (bicyclic) bond motifs is 1. The number of carbonyl (C=O) groups excluding carboxylic acids is 2. The standard InChI is InChI=1S/C18H15NO4/c1-13(20)23-16-9-5-8-15-10-11-19(17(15)16)18(21)22-12-14-6-3-2-4-7-14/h2-11H,12H2,1H3. The zero-order valence-corrected chi connectivity index (χ0v) is 12.6. The van der Waals surface area contributed by atoms with Crippen molar-refractivity contribution in [3.63, 3.8) is 0 Å². The van der Waals surface area contributed by atoms with Gasteiger partial charge in [-0.2, -0.15) is 0 Å². The second-order valence-electron chi connectivity index (χ2n) is 5.01. The van der Waals surface area contributed by atoms with Crippen molar-refractivity contribution in [1.29, 1.82) is 0 Å². The van der Waals surface area contributed by atoms with E-state index < -0.39 is 12.1 Å². The van der Waals surface area contributed by atoms with Gasteiger partial charge in [0.15, 0.2) is 5.75 Å². The monoisotopic (exact) mass is 309 g/mol. The Morgan fingerprint density at radius 3 is 2.52 bits per heavy atom. The minimum absolute atomic E-state index is 0.176. The molecule has 5 heteroatoms. The van der Waals surface area contributed by atoms with E-state index in [-0.39, 0.29) is 6.61 Å². The van der Waals surface area contributed by atoms with Crippen molar-refractivity contribution in [2.24, 2.45) is 0 Å². The van der Waals surface area contributed by atoms with Gasteiger partial charge in [-0.3, -0.25) is 4.79 Å². The van der Waals surface area contributed by atoms with E-state index in [1.807, 2.05) is 36.4 Å². The molecule has 0 aliphatic rings. The summed E-state index contributed by atoms with van der Waals surface area (Å²) in [4.78, 5) is 23.6. The van der Waals surface area contributed by atoms with Crippen LogP contribution in [0.5, 0.6) is 5.75 Å². The van der Waals surface area contributed by atoms with E-state index in [0.717, 1.165) is 10.9 Å². The number of para-hydroxylation sites is 1. The highest BCUT2D eigenvalue weighted by atomic mass is 16.6. The Hall–Kier alpha value is -3.08. The number of nitrogens with zero attached hydrogens (tertiary/aromatic N) is 1. The van der Waals surface area contributed by atoms with Gasteiger partial charge >= 0.3 is 12.1 Å². The van der Waals surface area contributed by atoms with Crippen LogP contribution in [0.4, 0.5) is 4.79 Å². The van der Waals surface area contributed by atoms with E-state index >= 15 is 0 Å². The molecule has 0 saturated heterocycles. The molecule has 0 aliphatic carbocycles. The largest absolute Gasteiger partial charge is 0.444 e. The summed E-state index contributed by atoms with van der Waals surface area (Å²) in [5, 5.41) is 0.792. The molecule has 0 fully saturated rings. The summed E-state index contributed by atoms with van der Waals surface area (Å²) in [6.07, 6.45) is 1.08. The van der Waals surface area contributed by atoms with E-state index in [4.69, 9.17) is 9.47 Å². The summed E-state index contributed by atoms with van der Waals surface area (Å²) in [7, 11) is 0. The number of esters is 1. The molecule has 23 heavy (non-hydrogen) atoms. The summed E-state index contributed by atoms with van der Waals surface area (Å²) in [6, 6.07) is 16.4. The van der Waals surface area contributed by atoms with Crippen molar-refractivity contribution in [2.45, 2.75) is 13.5 Å². The fourth-order valence-electron chi connectivity index (χ4n) is 2.34. The molecule has 0 saturated carbocycles. The molecule has 0 amide bonds. The van der Waals surface area contributed by atoms with Gasteiger partial charge in [0.1, 0.15) is 12.1 Å². The van der Waals surface area contributed by atoms with Crippen molar-refractivity contribution < 1.29 is 19.1 Å². The summed E-state index contributed by atoms with van der Waals surface area (Å²) in [5.74, 6) is -0.112. The molecular formula is C18H15NO4. The first-order chi connectivity index (χ1) is 11.1. The highest BCUT2D eigenvalue weighted by molar-refractivity contribution is 5.94. The van der Waals surface area contributed by atoms with Crippen LogP contribution in [-0.4, -0.2) is 16.6 Å². The van der Waals surface area contributed by atoms with E-state index in [9.17, 15) is 9.59 Å². The lowest BCUT2D eigenvalue weighted by Gasteiger charge is -2.09. The lowest BCUT2D eigenvalue weighted by molar-refractivity contribution is -0.131. The maximum atomic E-state index is 12.3. The fraction of sp³-hybridized carbons (Fsp3) is 0.111. The summed E-state index contributed by atoms with van der Waals surface area (Å²) >= 11 is 0. The van der Waals surface area contributed by atoms with Crippen LogP contribution < -0.4 is 4.74 Å². The molecule has 0 N–H and O–H groups in total. The molecule has 0 atom stereocenters. The molecule has 0 spiro atoms.